The van der Waals surface area contributed by atoms with Crippen molar-refractivity contribution in [3.8, 4) is 11.9 Å². The molecule has 10 heteroatoms. The predicted octanol–water partition coefficient (Wildman–Crippen LogP) is 0.992. The average Bonchev–Trinajstić information content (AvgIpc) is 3.01. The van der Waals surface area contributed by atoms with Gasteiger partial charge in [0.15, 0.2) is 0 Å². The van der Waals surface area contributed by atoms with Crippen molar-refractivity contribution in [2.75, 3.05) is 10.6 Å². The van der Waals surface area contributed by atoms with Gasteiger partial charge in [-0.1, -0.05) is 0 Å². The molecule has 0 amide bonds. The monoisotopic (exact) mass is 305 g/mol. The van der Waals surface area contributed by atoms with Crippen molar-refractivity contribution in [2.45, 2.75) is 3.29 Å². The Morgan fingerprint density at radius 2 is 2.32 bits per heavy atom. The van der Waals surface area contributed by atoms with Gasteiger partial charge < -0.3 is 0 Å². The normalized spacial score (nSPS) is 18.0. The number of benzene rings is 1. The van der Waals surface area contributed by atoms with Gasteiger partial charge in [-0.2, -0.15) is 0 Å². The Morgan fingerprint density at radius 3 is 2.95 bits per heavy atom. The van der Waals surface area contributed by atoms with Crippen LogP contribution in [0.3, 0.4) is 0 Å². The molecule has 3 rings (SSSR count). The van der Waals surface area contributed by atoms with E-state index in [0.29, 0.717) is 50.8 Å². The van der Waals surface area contributed by atoms with Crippen LogP contribution in [0.2, 0.25) is 0 Å². The van der Waals surface area contributed by atoms with Gasteiger partial charge in [0.25, 0.3) is 0 Å². The third kappa shape index (κ3) is 2.55. The molecular formula is C12H8N7NaO2. The van der Waals surface area contributed by atoms with Crippen molar-refractivity contribution in [3.05, 3.63) is 41.0 Å². The van der Waals surface area contributed by atoms with Crippen LogP contribution in [0.1, 0.15) is 0 Å². The van der Waals surface area contributed by atoms with Crippen molar-refractivity contribution in [1.82, 2.24) is 9.55 Å². The van der Waals surface area contributed by atoms with Crippen molar-refractivity contribution in [2.24, 2.45) is 4.99 Å². The molecule has 0 bridgehead atoms. The van der Waals surface area contributed by atoms with Gasteiger partial charge in [-0.25, -0.2) is 0 Å². The summed E-state index contributed by atoms with van der Waals surface area (Å²) in [5.41, 5.74) is 1.61. The molecule has 2 heterocycles. The molecule has 0 spiro atoms. The number of fused-ring (bicyclic) bond motifs is 1. The van der Waals surface area contributed by atoms with Gasteiger partial charge in [-0.3, -0.25) is 0 Å². The van der Waals surface area contributed by atoms with E-state index in [0.717, 1.165) is 0 Å². The number of nitro benzene ring substituents is 1. The zero-order chi connectivity index (χ0) is 15.7. The second-order valence-electron chi connectivity index (χ2n) is 4.70. The fourth-order valence-electron chi connectivity index (χ4n) is 2.28. The summed E-state index contributed by atoms with van der Waals surface area (Å²) in [6.07, 6.45) is 6.42. The maximum atomic E-state index is 11.3. The zero-order valence-corrected chi connectivity index (χ0v) is 13.5. The standard InChI is InChI=1S/C12H8N7O2.Na/c13-6-16-12-5-15-8-3-11(19(20)21)10(4-9(8)17-12)18-2-1-14-7-18;/h1-5,7,15H,(H,16,17);. The van der Waals surface area contributed by atoms with Gasteiger partial charge in [-0.15, -0.1) is 0 Å². The van der Waals surface area contributed by atoms with E-state index in [2.05, 4.69) is 20.6 Å². The first-order chi connectivity index (χ1) is 10.6. The molecule has 104 valence electrons. The summed E-state index contributed by atoms with van der Waals surface area (Å²) < 4.78 is 1.46. The van der Waals surface area contributed by atoms with Crippen LogP contribution < -0.4 is 10.6 Å². The molecule has 2 aromatic rings. The molecule has 9 nitrogen and oxygen atoms in total. The molecule has 0 fully saturated rings. The van der Waals surface area contributed by atoms with E-state index in [1.165, 1.54) is 12.4 Å². The number of nitro groups is 1. The molecule has 1 unspecified atom stereocenters. The molecule has 1 aromatic carbocycles. The molecule has 1 aromatic heterocycles. The van der Waals surface area contributed by atoms with E-state index in [9.17, 15) is 10.1 Å². The van der Waals surface area contributed by atoms with E-state index >= 15 is 0 Å². The SMILES string of the molecule is N#CN=C1Nc2cc(-n3ccnc3)c([N+](=O)[O-])cc2N[CH]1[Na]. The Balaban J connectivity index is 2.15. The molecule has 0 saturated heterocycles. The molecule has 1 aliphatic heterocycles. The maximum absolute atomic E-state index is 11.3. The van der Waals surface area contributed by atoms with Crippen LogP contribution in [0, 0.1) is 21.6 Å². The van der Waals surface area contributed by atoms with E-state index in [4.69, 9.17) is 5.26 Å². The number of nitrogens with one attached hydrogen (secondary N) is 2. The van der Waals surface area contributed by atoms with E-state index in [1.54, 1.807) is 29.2 Å². The summed E-state index contributed by atoms with van der Waals surface area (Å²) in [5, 5.41) is 26.2. The minimum absolute atomic E-state index is 0.0272. The molecule has 0 aliphatic carbocycles. The molecule has 0 saturated carbocycles. The minimum atomic E-state index is -0.432. The van der Waals surface area contributed by atoms with Gasteiger partial charge in [0.05, 0.1) is 0 Å². The van der Waals surface area contributed by atoms with Gasteiger partial charge >= 0.3 is 142 Å². The number of imidazole rings is 1. The summed E-state index contributed by atoms with van der Waals surface area (Å²) in [6, 6.07) is 3.12. The number of hydrogen-bond donors (Lipinski definition) is 2. The summed E-state index contributed by atoms with van der Waals surface area (Å²) in [4.78, 5) is 18.5. The number of amidine groups is 1. The average molecular weight is 305 g/mol. The Kier molecular flexibility index (Phi) is 3.81. The van der Waals surface area contributed by atoms with Crippen molar-refractivity contribution in [3.63, 3.8) is 0 Å². The number of nitriles is 1. The number of aromatic nitrogens is 2. The zero-order valence-electron chi connectivity index (χ0n) is 11.5. The third-order valence-electron chi connectivity index (χ3n) is 3.31. The fourth-order valence-corrected chi connectivity index (χ4v) is 2.87. The number of aliphatic imine (C=N–C) groups is 1. The Morgan fingerprint density at radius 1 is 1.50 bits per heavy atom. The number of rotatable bonds is 2. The van der Waals surface area contributed by atoms with Crippen LogP contribution in [-0.4, -0.2) is 51.5 Å². The molecule has 1 aliphatic rings. The molecular weight excluding hydrogens is 297 g/mol. The topological polar surface area (TPSA) is 121 Å². The number of nitrogens with zero attached hydrogens (tertiary/aromatic N) is 5. The number of hydrogen-bond acceptors (Lipinski definition) is 6. The molecule has 1 atom stereocenters. The molecule has 2 N–H and O–H groups in total. The van der Waals surface area contributed by atoms with Crippen LogP contribution in [0.15, 0.2) is 35.8 Å². The van der Waals surface area contributed by atoms with Crippen LogP contribution >= 0.6 is 0 Å². The first-order valence-electron chi connectivity index (χ1n) is 6.41. The summed E-state index contributed by atoms with van der Waals surface area (Å²) in [7, 11) is 0. The van der Waals surface area contributed by atoms with E-state index < -0.39 is 4.92 Å². The Bertz CT molecular complexity index is 810. The van der Waals surface area contributed by atoms with Crippen molar-refractivity contribution < 1.29 is 4.92 Å². The Hall–Kier alpha value is -2.41. The van der Waals surface area contributed by atoms with Gasteiger partial charge in [0.1, 0.15) is 0 Å². The van der Waals surface area contributed by atoms with E-state index in [1.807, 2.05) is 0 Å². The van der Waals surface area contributed by atoms with Crippen LogP contribution in [0.25, 0.3) is 5.69 Å². The van der Waals surface area contributed by atoms with E-state index in [-0.39, 0.29) is 8.98 Å². The van der Waals surface area contributed by atoms with Crippen LogP contribution in [0.5, 0.6) is 0 Å². The van der Waals surface area contributed by atoms with Gasteiger partial charge in [-0.05, 0) is 0 Å². The third-order valence-corrected chi connectivity index (χ3v) is 4.14. The molecule has 0 radical (unpaired) electrons. The van der Waals surface area contributed by atoms with Crippen LogP contribution in [0.4, 0.5) is 17.1 Å². The summed E-state index contributed by atoms with van der Waals surface area (Å²) in [5.74, 6) is 0.520. The van der Waals surface area contributed by atoms with Crippen molar-refractivity contribution >= 4 is 50.8 Å². The summed E-state index contributed by atoms with van der Waals surface area (Å²) >= 11 is 0.699. The van der Waals surface area contributed by atoms with Gasteiger partial charge in [0.2, 0.25) is 0 Å². The fraction of sp³-hybridized carbons (Fsp3) is 0.0833. The van der Waals surface area contributed by atoms with Gasteiger partial charge in [0, 0.05) is 0 Å². The summed E-state index contributed by atoms with van der Waals surface area (Å²) in [6.45, 7) is 0. The second-order valence-corrected chi connectivity index (χ2v) is 5.86. The quantitative estimate of drug-likeness (QED) is 0.369. The second kappa shape index (κ2) is 5.76. The predicted molar refractivity (Wildman–Crippen MR) is 80.1 cm³/mol. The Labute approximate surface area is 142 Å². The van der Waals surface area contributed by atoms with Crippen molar-refractivity contribution in [1.29, 1.82) is 5.26 Å². The first-order valence-corrected chi connectivity index (χ1v) is 7.56. The first kappa shape index (κ1) is 14.5. The number of anilines is 2. The molecule has 22 heavy (non-hydrogen) atoms. The van der Waals surface area contributed by atoms with Crippen LogP contribution in [-0.2, 0) is 0 Å².